The number of ether oxygens (including phenoxy) is 1. The molecule has 0 aromatic carbocycles. The molecule has 0 atom stereocenters. The first kappa shape index (κ1) is 4.99. The number of fused-ring (bicyclic) bond motifs is 1. The van der Waals surface area contributed by atoms with Crippen molar-refractivity contribution in [3.8, 4) is 0 Å². The van der Waals surface area contributed by atoms with Crippen molar-refractivity contribution in [1.82, 2.24) is 0 Å². The molecule has 2 nitrogen and oxygen atoms in total. The minimum absolute atomic E-state index is 0.175. The molecule has 2 heterocycles. The van der Waals surface area contributed by atoms with E-state index in [1.165, 1.54) is 0 Å². The zero-order valence-corrected chi connectivity index (χ0v) is 5.40. The van der Waals surface area contributed by atoms with Crippen molar-refractivity contribution >= 4 is 17.3 Å². The Balaban J connectivity index is 2.61. The van der Waals surface area contributed by atoms with E-state index in [0.29, 0.717) is 6.61 Å². The fourth-order valence-electron chi connectivity index (χ4n) is 0.835. The standard InChI is InChI=1S/C6H4O2S/c7-6-5-3-9-2-4(5)1-8-6/h2-3H,1H2. The molecule has 2 rings (SSSR count). The van der Waals surface area contributed by atoms with E-state index in [1.807, 2.05) is 10.8 Å². The van der Waals surface area contributed by atoms with Crippen LogP contribution in [0.4, 0.5) is 0 Å². The first-order chi connectivity index (χ1) is 4.38. The van der Waals surface area contributed by atoms with Gasteiger partial charge >= 0.3 is 5.97 Å². The van der Waals surface area contributed by atoms with Gasteiger partial charge in [-0.25, -0.2) is 4.79 Å². The van der Waals surface area contributed by atoms with Crippen LogP contribution in [0.3, 0.4) is 0 Å². The topological polar surface area (TPSA) is 26.3 Å². The number of hydrogen-bond donors (Lipinski definition) is 0. The summed E-state index contributed by atoms with van der Waals surface area (Å²) >= 11 is 1.54. The van der Waals surface area contributed by atoms with E-state index < -0.39 is 0 Å². The van der Waals surface area contributed by atoms with Crippen molar-refractivity contribution in [2.75, 3.05) is 0 Å². The lowest BCUT2D eigenvalue weighted by molar-refractivity contribution is 0.0535. The number of carbonyl (C=O) groups is 1. The summed E-state index contributed by atoms with van der Waals surface area (Å²) in [4.78, 5) is 10.7. The molecule has 46 valence electrons. The van der Waals surface area contributed by atoms with Crippen LogP contribution >= 0.6 is 11.3 Å². The van der Waals surface area contributed by atoms with E-state index in [4.69, 9.17) is 4.74 Å². The molecule has 0 unspecified atom stereocenters. The van der Waals surface area contributed by atoms with E-state index in [0.717, 1.165) is 11.1 Å². The van der Waals surface area contributed by atoms with Gasteiger partial charge in [0.25, 0.3) is 0 Å². The second-order valence-corrected chi connectivity index (χ2v) is 2.63. The number of carbonyl (C=O) groups excluding carboxylic acids is 1. The van der Waals surface area contributed by atoms with Crippen LogP contribution in [0.1, 0.15) is 15.9 Å². The van der Waals surface area contributed by atoms with Gasteiger partial charge in [-0.3, -0.25) is 0 Å². The van der Waals surface area contributed by atoms with E-state index in [1.54, 1.807) is 11.3 Å². The van der Waals surface area contributed by atoms with Crippen molar-refractivity contribution in [3.05, 3.63) is 21.9 Å². The number of hydrogen-bond acceptors (Lipinski definition) is 3. The number of esters is 1. The van der Waals surface area contributed by atoms with Crippen LogP contribution in [0.25, 0.3) is 0 Å². The molecule has 0 spiro atoms. The largest absolute Gasteiger partial charge is 0.457 e. The third-order valence-electron chi connectivity index (χ3n) is 1.32. The van der Waals surface area contributed by atoms with E-state index in [9.17, 15) is 4.79 Å². The minimum atomic E-state index is -0.175. The quantitative estimate of drug-likeness (QED) is 0.509. The summed E-state index contributed by atoms with van der Waals surface area (Å²) in [5.74, 6) is -0.175. The Hall–Kier alpha value is -0.830. The Morgan fingerprint density at radius 1 is 1.56 bits per heavy atom. The molecular formula is C6H4O2S. The zero-order valence-electron chi connectivity index (χ0n) is 4.59. The highest BCUT2D eigenvalue weighted by Gasteiger charge is 2.20. The highest BCUT2D eigenvalue weighted by molar-refractivity contribution is 7.08. The minimum Gasteiger partial charge on any atom is -0.457 e. The van der Waals surface area contributed by atoms with Crippen LogP contribution in [-0.4, -0.2) is 5.97 Å². The molecular weight excluding hydrogens is 136 g/mol. The van der Waals surface area contributed by atoms with E-state index in [2.05, 4.69) is 0 Å². The molecule has 0 saturated carbocycles. The maximum atomic E-state index is 10.7. The molecule has 9 heavy (non-hydrogen) atoms. The summed E-state index contributed by atoms with van der Waals surface area (Å²) in [6, 6.07) is 0. The van der Waals surface area contributed by atoms with Gasteiger partial charge in [0.05, 0.1) is 5.56 Å². The highest BCUT2D eigenvalue weighted by Crippen LogP contribution is 2.22. The molecule has 1 aromatic heterocycles. The van der Waals surface area contributed by atoms with Crippen molar-refractivity contribution in [1.29, 1.82) is 0 Å². The van der Waals surface area contributed by atoms with Gasteiger partial charge in [-0.1, -0.05) is 0 Å². The molecule has 0 saturated heterocycles. The molecule has 0 amide bonds. The van der Waals surface area contributed by atoms with Crippen molar-refractivity contribution in [3.63, 3.8) is 0 Å². The van der Waals surface area contributed by atoms with Gasteiger partial charge in [-0.15, -0.1) is 0 Å². The first-order valence-corrected chi connectivity index (χ1v) is 3.54. The van der Waals surface area contributed by atoms with Crippen LogP contribution < -0.4 is 0 Å². The fraction of sp³-hybridized carbons (Fsp3) is 0.167. The van der Waals surface area contributed by atoms with Crippen molar-refractivity contribution in [2.24, 2.45) is 0 Å². The maximum absolute atomic E-state index is 10.7. The highest BCUT2D eigenvalue weighted by atomic mass is 32.1. The lowest BCUT2D eigenvalue weighted by Crippen LogP contribution is -1.90. The Bertz CT molecular complexity index is 251. The smallest absolute Gasteiger partial charge is 0.339 e. The summed E-state index contributed by atoms with van der Waals surface area (Å²) in [5, 5.41) is 3.77. The van der Waals surface area contributed by atoms with Crippen LogP contribution in [-0.2, 0) is 11.3 Å². The lowest BCUT2D eigenvalue weighted by Gasteiger charge is -1.85. The summed E-state index contributed by atoms with van der Waals surface area (Å²) < 4.78 is 4.73. The predicted molar refractivity (Wildman–Crippen MR) is 33.4 cm³/mol. The third-order valence-corrected chi connectivity index (χ3v) is 2.11. The molecule has 0 aliphatic carbocycles. The normalized spacial score (nSPS) is 15.3. The van der Waals surface area contributed by atoms with Gasteiger partial charge in [0.15, 0.2) is 0 Å². The summed E-state index contributed by atoms with van der Waals surface area (Å²) in [6.45, 7) is 0.470. The van der Waals surface area contributed by atoms with E-state index >= 15 is 0 Å². The lowest BCUT2D eigenvalue weighted by atomic mass is 10.2. The number of cyclic esters (lactones) is 1. The molecule has 0 N–H and O–H groups in total. The second kappa shape index (κ2) is 1.57. The first-order valence-electron chi connectivity index (χ1n) is 2.60. The van der Waals surface area contributed by atoms with Crippen LogP contribution in [0.2, 0.25) is 0 Å². The predicted octanol–water partition coefficient (Wildman–Crippen LogP) is 1.42. The van der Waals surface area contributed by atoms with Crippen LogP contribution in [0.15, 0.2) is 10.8 Å². The molecule has 0 bridgehead atoms. The van der Waals surface area contributed by atoms with Crippen molar-refractivity contribution in [2.45, 2.75) is 6.61 Å². The Kier molecular flexibility index (Phi) is 0.873. The molecule has 0 fully saturated rings. The summed E-state index contributed by atoms with van der Waals surface area (Å²) in [5.41, 5.74) is 1.78. The van der Waals surface area contributed by atoms with Gasteiger partial charge < -0.3 is 4.74 Å². The van der Waals surface area contributed by atoms with Gasteiger partial charge in [-0.2, -0.15) is 11.3 Å². The Morgan fingerprint density at radius 3 is 3.22 bits per heavy atom. The summed E-state index contributed by atoms with van der Waals surface area (Å²) in [7, 11) is 0. The number of thiophene rings is 1. The SMILES string of the molecule is O=C1OCc2cscc21. The monoisotopic (exact) mass is 140 g/mol. The average Bonchev–Trinajstić information content (AvgIpc) is 2.35. The van der Waals surface area contributed by atoms with E-state index in [-0.39, 0.29) is 5.97 Å². The number of rotatable bonds is 0. The van der Waals surface area contributed by atoms with Crippen LogP contribution in [0.5, 0.6) is 0 Å². The fourth-order valence-corrected chi connectivity index (χ4v) is 1.65. The van der Waals surface area contributed by atoms with Gasteiger partial charge in [0.1, 0.15) is 6.61 Å². The molecule has 1 aromatic rings. The third kappa shape index (κ3) is 0.580. The Morgan fingerprint density at radius 2 is 2.44 bits per heavy atom. The van der Waals surface area contributed by atoms with Gasteiger partial charge in [0.2, 0.25) is 0 Å². The zero-order chi connectivity index (χ0) is 6.27. The molecule has 0 radical (unpaired) electrons. The second-order valence-electron chi connectivity index (χ2n) is 1.89. The molecule has 3 heteroatoms. The molecule has 1 aliphatic rings. The van der Waals surface area contributed by atoms with Crippen LogP contribution in [0, 0.1) is 0 Å². The van der Waals surface area contributed by atoms with Gasteiger partial charge in [-0.05, 0) is 5.38 Å². The molecule has 1 aliphatic heterocycles. The Labute approximate surface area is 56.1 Å². The van der Waals surface area contributed by atoms with Gasteiger partial charge in [0, 0.05) is 10.9 Å². The van der Waals surface area contributed by atoms with Crippen molar-refractivity contribution < 1.29 is 9.53 Å². The average molecular weight is 140 g/mol. The summed E-state index contributed by atoms with van der Waals surface area (Å²) in [6.07, 6.45) is 0. The maximum Gasteiger partial charge on any atom is 0.339 e.